The third kappa shape index (κ3) is 2.32. The van der Waals surface area contributed by atoms with Crippen molar-refractivity contribution in [2.75, 3.05) is 6.61 Å². The molecule has 20 heavy (non-hydrogen) atoms. The maximum absolute atomic E-state index is 5.83. The fourth-order valence-corrected chi connectivity index (χ4v) is 3.17. The number of nitrogens with one attached hydrogen (secondary N) is 1. The average molecular weight is 267 g/mol. The van der Waals surface area contributed by atoms with Gasteiger partial charge < -0.3 is 10.1 Å². The van der Waals surface area contributed by atoms with Crippen LogP contribution < -0.4 is 10.1 Å². The van der Waals surface area contributed by atoms with E-state index in [0.717, 1.165) is 12.3 Å². The number of ether oxygens (including phenoxy) is 1. The predicted octanol–water partition coefficient (Wildman–Crippen LogP) is 4.03. The topological polar surface area (TPSA) is 21.3 Å². The summed E-state index contributed by atoms with van der Waals surface area (Å²) in [4.78, 5) is 0. The summed E-state index contributed by atoms with van der Waals surface area (Å²) in [5.41, 5.74) is 4.06. The molecule has 2 aromatic carbocycles. The molecule has 2 nitrogen and oxygen atoms in total. The summed E-state index contributed by atoms with van der Waals surface area (Å²) < 4.78 is 5.83. The van der Waals surface area contributed by atoms with Crippen molar-refractivity contribution < 1.29 is 4.74 Å². The van der Waals surface area contributed by atoms with Gasteiger partial charge in [0.05, 0.1) is 6.61 Å². The standard InChI is InChI=1S/C18H21NO/c1-3-20-16-11-7-10-15-12-19-18(13(2)17(15)16)14-8-5-4-6-9-14/h4-11,13,18-19H,3,12H2,1-2H3. The average Bonchev–Trinajstić information content (AvgIpc) is 2.49. The van der Waals surface area contributed by atoms with Crippen LogP contribution in [0.5, 0.6) is 5.75 Å². The van der Waals surface area contributed by atoms with E-state index in [0.29, 0.717) is 18.6 Å². The molecule has 0 saturated carbocycles. The van der Waals surface area contributed by atoms with Crippen molar-refractivity contribution in [3.05, 3.63) is 65.2 Å². The molecule has 0 spiro atoms. The quantitative estimate of drug-likeness (QED) is 0.906. The second-order valence-electron chi connectivity index (χ2n) is 5.32. The maximum Gasteiger partial charge on any atom is 0.123 e. The summed E-state index contributed by atoms with van der Waals surface area (Å²) in [5.74, 6) is 1.45. The minimum atomic E-state index is 0.352. The second-order valence-corrected chi connectivity index (χ2v) is 5.32. The number of hydrogen-bond donors (Lipinski definition) is 1. The van der Waals surface area contributed by atoms with E-state index in [4.69, 9.17) is 4.74 Å². The zero-order valence-electron chi connectivity index (χ0n) is 12.1. The van der Waals surface area contributed by atoms with Gasteiger partial charge in [-0.2, -0.15) is 0 Å². The Hall–Kier alpha value is -1.80. The van der Waals surface area contributed by atoms with Gasteiger partial charge in [-0.1, -0.05) is 49.4 Å². The molecule has 2 unspecified atom stereocenters. The van der Waals surface area contributed by atoms with Crippen molar-refractivity contribution in [2.24, 2.45) is 0 Å². The lowest BCUT2D eigenvalue weighted by atomic mass is 9.82. The normalized spacial score (nSPS) is 21.3. The minimum absolute atomic E-state index is 0.352. The van der Waals surface area contributed by atoms with Gasteiger partial charge in [-0.3, -0.25) is 0 Å². The van der Waals surface area contributed by atoms with Crippen LogP contribution in [0.2, 0.25) is 0 Å². The zero-order chi connectivity index (χ0) is 13.9. The van der Waals surface area contributed by atoms with E-state index in [-0.39, 0.29) is 0 Å². The smallest absolute Gasteiger partial charge is 0.123 e. The van der Waals surface area contributed by atoms with E-state index in [1.807, 2.05) is 6.92 Å². The first kappa shape index (κ1) is 13.2. The third-order valence-corrected chi connectivity index (χ3v) is 4.08. The molecule has 104 valence electrons. The first-order valence-corrected chi connectivity index (χ1v) is 7.34. The van der Waals surface area contributed by atoms with Crippen LogP contribution in [0, 0.1) is 0 Å². The first-order chi connectivity index (χ1) is 9.81. The van der Waals surface area contributed by atoms with E-state index in [9.17, 15) is 0 Å². The Bertz CT molecular complexity index is 579. The van der Waals surface area contributed by atoms with Crippen molar-refractivity contribution in [3.63, 3.8) is 0 Å². The number of benzene rings is 2. The van der Waals surface area contributed by atoms with Crippen molar-refractivity contribution in [1.82, 2.24) is 5.32 Å². The molecular weight excluding hydrogens is 246 g/mol. The summed E-state index contributed by atoms with van der Waals surface area (Å²) in [6.45, 7) is 5.94. The highest BCUT2D eigenvalue weighted by Gasteiger charge is 2.29. The molecule has 0 aliphatic carbocycles. The SMILES string of the molecule is CCOc1cccc2c1C(C)C(c1ccccc1)NC2. The molecule has 1 N–H and O–H groups in total. The van der Waals surface area contributed by atoms with Gasteiger partial charge in [0, 0.05) is 24.1 Å². The monoisotopic (exact) mass is 267 g/mol. The molecule has 0 saturated heterocycles. The Labute approximate surface area is 120 Å². The highest BCUT2D eigenvalue weighted by molar-refractivity contribution is 5.46. The van der Waals surface area contributed by atoms with Gasteiger partial charge in [0.1, 0.15) is 5.75 Å². The van der Waals surface area contributed by atoms with Crippen LogP contribution >= 0.6 is 0 Å². The summed E-state index contributed by atoms with van der Waals surface area (Å²) in [7, 11) is 0. The fraction of sp³-hybridized carbons (Fsp3) is 0.333. The largest absolute Gasteiger partial charge is 0.494 e. The van der Waals surface area contributed by atoms with Gasteiger partial charge in [-0.25, -0.2) is 0 Å². The summed E-state index contributed by atoms with van der Waals surface area (Å²) in [6.07, 6.45) is 0. The lowest BCUT2D eigenvalue weighted by Gasteiger charge is -2.34. The molecule has 2 aromatic rings. The second kappa shape index (κ2) is 5.68. The summed E-state index contributed by atoms with van der Waals surface area (Å²) >= 11 is 0. The van der Waals surface area contributed by atoms with Crippen LogP contribution in [0.4, 0.5) is 0 Å². The van der Waals surface area contributed by atoms with Crippen LogP contribution in [-0.2, 0) is 6.54 Å². The van der Waals surface area contributed by atoms with Crippen LogP contribution in [0.25, 0.3) is 0 Å². The molecule has 1 aliphatic rings. The molecule has 0 amide bonds. The lowest BCUT2D eigenvalue weighted by Crippen LogP contribution is -2.31. The molecular formula is C18H21NO. The van der Waals surface area contributed by atoms with E-state index < -0.39 is 0 Å². The van der Waals surface area contributed by atoms with Gasteiger partial charge in [-0.05, 0) is 24.1 Å². The summed E-state index contributed by atoms with van der Waals surface area (Å²) in [6, 6.07) is 17.4. The third-order valence-electron chi connectivity index (χ3n) is 4.08. The number of fused-ring (bicyclic) bond motifs is 1. The van der Waals surface area contributed by atoms with Gasteiger partial charge in [0.15, 0.2) is 0 Å². The molecule has 2 atom stereocenters. The van der Waals surface area contributed by atoms with E-state index >= 15 is 0 Å². The van der Waals surface area contributed by atoms with Gasteiger partial charge >= 0.3 is 0 Å². The van der Waals surface area contributed by atoms with E-state index in [1.54, 1.807) is 0 Å². The molecule has 0 bridgehead atoms. The first-order valence-electron chi connectivity index (χ1n) is 7.34. The summed E-state index contributed by atoms with van der Waals surface area (Å²) in [5, 5.41) is 3.66. The molecule has 0 fully saturated rings. The highest BCUT2D eigenvalue weighted by atomic mass is 16.5. The maximum atomic E-state index is 5.83. The Morgan fingerprint density at radius 1 is 1.10 bits per heavy atom. The Morgan fingerprint density at radius 3 is 2.65 bits per heavy atom. The molecule has 3 rings (SSSR count). The van der Waals surface area contributed by atoms with Crippen LogP contribution in [0.1, 0.15) is 42.5 Å². The molecule has 1 heterocycles. The molecule has 0 aromatic heterocycles. The van der Waals surface area contributed by atoms with E-state index in [1.165, 1.54) is 16.7 Å². The zero-order valence-corrected chi connectivity index (χ0v) is 12.1. The highest BCUT2D eigenvalue weighted by Crippen LogP contribution is 2.41. The van der Waals surface area contributed by atoms with Crippen molar-refractivity contribution in [1.29, 1.82) is 0 Å². The van der Waals surface area contributed by atoms with Gasteiger partial charge in [0.2, 0.25) is 0 Å². The van der Waals surface area contributed by atoms with Gasteiger partial charge in [0.25, 0.3) is 0 Å². The van der Waals surface area contributed by atoms with Crippen molar-refractivity contribution >= 4 is 0 Å². The van der Waals surface area contributed by atoms with Crippen LogP contribution in [0.15, 0.2) is 48.5 Å². The van der Waals surface area contributed by atoms with Crippen molar-refractivity contribution in [2.45, 2.75) is 32.4 Å². The van der Waals surface area contributed by atoms with Crippen LogP contribution in [-0.4, -0.2) is 6.61 Å². The Morgan fingerprint density at radius 2 is 1.90 bits per heavy atom. The van der Waals surface area contributed by atoms with E-state index in [2.05, 4.69) is 60.8 Å². The lowest BCUT2D eigenvalue weighted by molar-refractivity contribution is 0.324. The minimum Gasteiger partial charge on any atom is -0.494 e. The predicted molar refractivity (Wildman–Crippen MR) is 82.0 cm³/mol. The number of hydrogen-bond acceptors (Lipinski definition) is 2. The molecule has 1 aliphatic heterocycles. The number of rotatable bonds is 3. The van der Waals surface area contributed by atoms with Crippen LogP contribution in [0.3, 0.4) is 0 Å². The molecule has 2 heteroatoms. The Kier molecular flexibility index (Phi) is 3.75. The van der Waals surface area contributed by atoms with Gasteiger partial charge in [-0.15, -0.1) is 0 Å². The molecule has 0 radical (unpaired) electrons. The fourth-order valence-electron chi connectivity index (χ4n) is 3.17. The Balaban J connectivity index is 1.99. The van der Waals surface area contributed by atoms with Crippen molar-refractivity contribution in [3.8, 4) is 5.75 Å².